The second-order valence-corrected chi connectivity index (χ2v) is 7.22. The molecule has 1 amide bonds. The van der Waals surface area contributed by atoms with Crippen LogP contribution >= 0.6 is 27.3 Å². The highest BCUT2D eigenvalue weighted by Gasteiger charge is 2.26. The Morgan fingerprint density at radius 2 is 2.44 bits per heavy atom. The lowest BCUT2D eigenvalue weighted by molar-refractivity contribution is -0.133. The number of hydrogen-bond acceptors (Lipinski definition) is 4. The van der Waals surface area contributed by atoms with E-state index in [9.17, 15) is 4.79 Å². The Morgan fingerprint density at radius 1 is 1.67 bits per heavy atom. The molecule has 0 spiro atoms. The monoisotopic (exact) mass is 331 g/mol. The van der Waals surface area contributed by atoms with Gasteiger partial charge in [-0.15, -0.1) is 11.3 Å². The van der Waals surface area contributed by atoms with Gasteiger partial charge in [0.2, 0.25) is 5.91 Å². The molecule has 100 valence electrons. The van der Waals surface area contributed by atoms with Gasteiger partial charge in [0, 0.05) is 31.6 Å². The number of piperazine rings is 1. The number of likely N-dealkylation sites (N-methyl/N-ethyl adjacent to an activating group) is 2. The Kier molecular flexibility index (Phi) is 4.77. The van der Waals surface area contributed by atoms with Crippen LogP contribution < -0.4 is 5.32 Å². The van der Waals surface area contributed by atoms with E-state index in [4.69, 9.17) is 0 Å². The summed E-state index contributed by atoms with van der Waals surface area (Å²) in [5, 5.41) is 3.28. The maximum Gasteiger partial charge on any atom is 0.241 e. The van der Waals surface area contributed by atoms with E-state index in [2.05, 4.69) is 39.3 Å². The molecule has 1 saturated heterocycles. The number of thiophene rings is 1. The van der Waals surface area contributed by atoms with Gasteiger partial charge in [-0.2, -0.15) is 0 Å². The van der Waals surface area contributed by atoms with Gasteiger partial charge in [0.05, 0.1) is 16.4 Å². The molecule has 0 aliphatic carbocycles. The minimum Gasteiger partial charge on any atom is -0.339 e. The van der Waals surface area contributed by atoms with E-state index in [1.165, 1.54) is 4.88 Å². The van der Waals surface area contributed by atoms with Crippen molar-refractivity contribution >= 4 is 33.2 Å². The molecule has 0 bridgehead atoms. The fraction of sp³-hybridized carbons (Fsp3) is 0.583. The summed E-state index contributed by atoms with van der Waals surface area (Å²) in [7, 11) is 3.92. The molecule has 2 heterocycles. The molecule has 0 saturated carbocycles. The summed E-state index contributed by atoms with van der Waals surface area (Å²) in [6, 6.07) is 4.00. The van der Waals surface area contributed by atoms with Crippen LogP contribution in [0.2, 0.25) is 0 Å². The van der Waals surface area contributed by atoms with Crippen LogP contribution in [0, 0.1) is 0 Å². The quantitative estimate of drug-likeness (QED) is 0.908. The topological polar surface area (TPSA) is 35.6 Å². The number of amides is 1. The summed E-state index contributed by atoms with van der Waals surface area (Å²) in [5.74, 6) is 0.172. The van der Waals surface area contributed by atoms with Gasteiger partial charge in [0.1, 0.15) is 0 Å². The van der Waals surface area contributed by atoms with E-state index in [1.807, 2.05) is 13.1 Å². The highest BCUT2D eigenvalue weighted by Crippen LogP contribution is 2.23. The second-order valence-electron chi connectivity index (χ2n) is 4.67. The minimum absolute atomic E-state index is 0.0721. The molecular formula is C12H18BrN3OS. The normalized spacial score (nSPS) is 20.9. The zero-order valence-corrected chi connectivity index (χ0v) is 13.1. The third kappa shape index (κ3) is 3.54. The van der Waals surface area contributed by atoms with Crippen LogP contribution in [0.4, 0.5) is 0 Å². The Balaban J connectivity index is 1.91. The smallest absolute Gasteiger partial charge is 0.241 e. The van der Waals surface area contributed by atoms with Gasteiger partial charge < -0.3 is 15.1 Å². The molecule has 2 rings (SSSR count). The molecule has 0 aromatic carbocycles. The highest BCUT2D eigenvalue weighted by molar-refractivity contribution is 9.11. The number of hydrogen-bond donors (Lipinski definition) is 1. The lowest BCUT2D eigenvalue weighted by Gasteiger charge is -2.32. The van der Waals surface area contributed by atoms with E-state index >= 15 is 0 Å². The van der Waals surface area contributed by atoms with Crippen molar-refractivity contribution in [3.8, 4) is 0 Å². The maximum absolute atomic E-state index is 12.3. The molecule has 18 heavy (non-hydrogen) atoms. The first-order chi connectivity index (χ1) is 8.56. The second kappa shape index (κ2) is 6.14. The average molecular weight is 332 g/mol. The molecule has 1 aliphatic heterocycles. The van der Waals surface area contributed by atoms with Crippen LogP contribution in [0.15, 0.2) is 15.9 Å². The van der Waals surface area contributed by atoms with Crippen LogP contribution in [0.25, 0.3) is 0 Å². The Morgan fingerprint density at radius 3 is 3.06 bits per heavy atom. The first-order valence-corrected chi connectivity index (χ1v) is 7.58. The molecule has 1 atom stereocenters. The van der Waals surface area contributed by atoms with E-state index in [-0.39, 0.29) is 11.9 Å². The molecule has 1 aromatic rings. The fourth-order valence-corrected chi connectivity index (χ4v) is 3.61. The lowest BCUT2D eigenvalue weighted by atomic mass is 10.2. The van der Waals surface area contributed by atoms with Gasteiger partial charge in [0.25, 0.3) is 0 Å². The van der Waals surface area contributed by atoms with Crippen LogP contribution in [0.5, 0.6) is 0 Å². The standard InChI is InChI=1S/C12H18BrN3OS/c1-15-6-5-14-10(8-15)12(17)16(2)7-9-3-4-11(13)18-9/h3-4,10,14H,5-8H2,1-2H3. The average Bonchev–Trinajstić information content (AvgIpc) is 2.73. The van der Waals surface area contributed by atoms with Gasteiger partial charge in [-0.05, 0) is 35.1 Å². The molecule has 1 aliphatic rings. The summed E-state index contributed by atoms with van der Waals surface area (Å²) in [5.41, 5.74) is 0. The van der Waals surface area contributed by atoms with Crippen LogP contribution in [0.1, 0.15) is 4.88 Å². The van der Waals surface area contributed by atoms with Crippen molar-refractivity contribution in [1.29, 1.82) is 0 Å². The first kappa shape index (κ1) is 14.0. The number of nitrogens with zero attached hydrogens (tertiary/aromatic N) is 2. The van der Waals surface area contributed by atoms with Crippen molar-refractivity contribution in [3.05, 3.63) is 20.8 Å². The molecule has 0 radical (unpaired) electrons. The maximum atomic E-state index is 12.3. The van der Waals surface area contributed by atoms with E-state index in [1.54, 1.807) is 16.2 Å². The number of halogens is 1. The van der Waals surface area contributed by atoms with E-state index in [0.29, 0.717) is 6.54 Å². The van der Waals surface area contributed by atoms with Crippen molar-refractivity contribution in [3.63, 3.8) is 0 Å². The third-order valence-corrected chi connectivity index (χ3v) is 4.68. The number of carbonyl (C=O) groups excluding carboxylic acids is 1. The molecule has 1 unspecified atom stereocenters. The summed E-state index contributed by atoms with van der Waals surface area (Å²) in [6.45, 7) is 3.35. The predicted octanol–water partition coefficient (Wildman–Crippen LogP) is 1.37. The van der Waals surface area contributed by atoms with Crippen molar-refractivity contribution in [2.45, 2.75) is 12.6 Å². The predicted molar refractivity (Wildman–Crippen MR) is 77.8 cm³/mol. The Hall–Kier alpha value is -0.430. The van der Waals surface area contributed by atoms with E-state index < -0.39 is 0 Å². The summed E-state index contributed by atoms with van der Waals surface area (Å²) >= 11 is 5.11. The van der Waals surface area contributed by atoms with E-state index in [0.717, 1.165) is 23.4 Å². The summed E-state index contributed by atoms with van der Waals surface area (Å²) in [4.78, 5) is 17.5. The molecule has 1 aromatic heterocycles. The highest BCUT2D eigenvalue weighted by atomic mass is 79.9. The SMILES string of the molecule is CN1CCNC(C(=O)N(C)Cc2ccc(Br)s2)C1. The molecular weight excluding hydrogens is 314 g/mol. The van der Waals surface area contributed by atoms with Crippen LogP contribution in [-0.2, 0) is 11.3 Å². The van der Waals surface area contributed by atoms with Crippen molar-refractivity contribution in [1.82, 2.24) is 15.1 Å². The Labute approximate surface area is 120 Å². The summed E-state index contributed by atoms with van der Waals surface area (Å²) < 4.78 is 1.11. The lowest BCUT2D eigenvalue weighted by Crippen LogP contribution is -2.56. The molecule has 4 nitrogen and oxygen atoms in total. The molecule has 6 heteroatoms. The molecule has 1 fully saturated rings. The van der Waals surface area contributed by atoms with Gasteiger partial charge in [-0.25, -0.2) is 0 Å². The summed E-state index contributed by atoms with van der Waals surface area (Å²) in [6.07, 6.45) is 0. The largest absolute Gasteiger partial charge is 0.339 e. The van der Waals surface area contributed by atoms with Gasteiger partial charge in [0.15, 0.2) is 0 Å². The number of rotatable bonds is 3. The third-order valence-electron chi connectivity index (χ3n) is 3.07. The van der Waals surface area contributed by atoms with Gasteiger partial charge >= 0.3 is 0 Å². The van der Waals surface area contributed by atoms with Gasteiger partial charge in [-0.1, -0.05) is 0 Å². The van der Waals surface area contributed by atoms with Crippen molar-refractivity contribution in [2.24, 2.45) is 0 Å². The number of nitrogens with one attached hydrogen (secondary N) is 1. The first-order valence-electron chi connectivity index (χ1n) is 5.97. The van der Waals surface area contributed by atoms with Crippen LogP contribution in [0.3, 0.4) is 0 Å². The van der Waals surface area contributed by atoms with Crippen LogP contribution in [-0.4, -0.2) is 55.5 Å². The molecule has 1 N–H and O–H groups in total. The fourth-order valence-electron chi connectivity index (χ4n) is 2.08. The Bertz CT molecular complexity index is 423. The van der Waals surface area contributed by atoms with Gasteiger partial charge in [-0.3, -0.25) is 4.79 Å². The zero-order chi connectivity index (χ0) is 13.1. The zero-order valence-electron chi connectivity index (χ0n) is 10.6. The van der Waals surface area contributed by atoms with Crippen molar-refractivity contribution in [2.75, 3.05) is 33.7 Å². The minimum atomic E-state index is -0.0721. The van der Waals surface area contributed by atoms with Crippen molar-refractivity contribution < 1.29 is 4.79 Å². The number of carbonyl (C=O) groups is 1.